The summed E-state index contributed by atoms with van der Waals surface area (Å²) >= 11 is 0. The monoisotopic (exact) mass is 384 g/mol. The van der Waals surface area contributed by atoms with E-state index in [1.165, 1.54) is 58.9 Å². The Balaban J connectivity index is 1.66. The van der Waals surface area contributed by atoms with Crippen molar-refractivity contribution in [2.45, 2.75) is 37.5 Å². The standard InChI is InChI=1S/C26H24O3/c1-28-22-11-18-21(27)12-20-24(23(18)17-8-9-29-25(17)22)16-4-2-3-5-19(16)26(20)13-14-6-7-15(26)10-14/h2-5,11-12,14-15,27H,6-10,13H2,1H3. The molecule has 0 saturated heterocycles. The molecule has 1 N–H and O–H groups in total. The van der Waals surface area contributed by atoms with E-state index in [1.807, 2.05) is 6.07 Å². The molecule has 7 rings (SSSR count). The maximum Gasteiger partial charge on any atom is 0.165 e. The zero-order valence-corrected chi connectivity index (χ0v) is 16.6. The second-order valence-electron chi connectivity index (χ2n) is 9.32. The number of ether oxygens (including phenoxy) is 2. The van der Waals surface area contributed by atoms with Crippen LogP contribution < -0.4 is 9.47 Å². The van der Waals surface area contributed by atoms with Crippen molar-refractivity contribution in [3.8, 4) is 28.4 Å². The van der Waals surface area contributed by atoms with Crippen LogP contribution in [0.5, 0.6) is 17.2 Å². The van der Waals surface area contributed by atoms with E-state index in [9.17, 15) is 5.11 Å². The molecule has 3 aromatic carbocycles. The van der Waals surface area contributed by atoms with E-state index in [-0.39, 0.29) is 5.41 Å². The first-order valence-corrected chi connectivity index (χ1v) is 10.8. The number of phenolic OH excluding ortho intramolecular Hbond substituents is 1. The molecule has 0 aromatic heterocycles. The maximum atomic E-state index is 11.2. The van der Waals surface area contributed by atoms with Crippen molar-refractivity contribution in [1.29, 1.82) is 0 Å². The first-order chi connectivity index (χ1) is 14.2. The van der Waals surface area contributed by atoms with E-state index in [4.69, 9.17) is 9.47 Å². The molecule has 2 saturated carbocycles. The van der Waals surface area contributed by atoms with Gasteiger partial charge in [-0.15, -0.1) is 0 Å². The third-order valence-electron chi connectivity index (χ3n) is 8.25. The summed E-state index contributed by atoms with van der Waals surface area (Å²) in [6.45, 7) is 0.673. The Morgan fingerprint density at radius 3 is 2.83 bits per heavy atom. The van der Waals surface area contributed by atoms with E-state index in [0.29, 0.717) is 18.3 Å². The van der Waals surface area contributed by atoms with Gasteiger partial charge in [-0.25, -0.2) is 0 Å². The average molecular weight is 384 g/mol. The van der Waals surface area contributed by atoms with Gasteiger partial charge < -0.3 is 14.6 Å². The van der Waals surface area contributed by atoms with E-state index in [2.05, 4.69) is 30.3 Å². The highest BCUT2D eigenvalue weighted by molar-refractivity contribution is 6.08. The smallest absolute Gasteiger partial charge is 0.165 e. The minimum absolute atomic E-state index is 0.0762. The van der Waals surface area contributed by atoms with Gasteiger partial charge in [0.15, 0.2) is 11.5 Å². The number of phenols is 1. The van der Waals surface area contributed by atoms with E-state index < -0.39 is 0 Å². The zero-order chi connectivity index (χ0) is 19.3. The normalized spacial score (nSPS) is 27.9. The predicted octanol–water partition coefficient (Wildman–Crippen LogP) is 5.58. The molecular formula is C26H24O3. The Hall–Kier alpha value is -2.68. The summed E-state index contributed by atoms with van der Waals surface area (Å²) in [4.78, 5) is 0. The maximum absolute atomic E-state index is 11.2. The predicted molar refractivity (Wildman–Crippen MR) is 113 cm³/mol. The molecule has 0 radical (unpaired) electrons. The van der Waals surface area contributed by atoms with Crippen LogP contribution >= 0.6 is 0 Å². The molecule has 3 heteroatoms. The Morgan fingerprint density at radius 1 is 1.14 bits per heavy atom. The van der Waals surface area contributed by atoms with Crippen molar-refractivity contribution in [2.75, 3.05) is 13.7 Å². The van der Waals surface area contributed by atoms with Crippen molar-refractivity contribution in [3.63, 3.8) is 0 Å². The summed E-state index contributed by atoms with van der Waals surface area (Å²) in [7, 11) is 1.67. The highest BCUT2D eigenvalue weighted by atomic mass is 16.5. The third kappa shape index (κ3) is 1.77. The molecule has 2 fully saturated rings. The van der Waals surface area contributed by atoms with Gasteiger partial charge >= 0.3 is 0 Å². The molecular weight excluding hydrogens is 360 g/mol. The number of hydrogen-bond acceptors (Lipinski definition) is 3. The van der Waals surface area contributed by atoms with Crippen molar-refractivity contribution < 1.29 is 14.6 Å². The minimum atomic E-state index is 0.0762. The minimum Gasteiger partial charge on any atom is -0.507 e. The molecule has 3 unspecified atom stereocenters. The van der Waals surface area contributed by atoms with Gasteiger partial charge in [0, 0.05) is 28.2 Å². The molecule has 3 nitrogen and oxygen atoms in total. The van der Waals surface area contributed by atoms with Gasteiger partial charge in [0.25, 0.3) is 0 Å². The summed E-state index contributed by atoms with van der Waals surface area (Å²) in [6, 6.07) is 13.0. The van der Waals surface area contributed by atoms with Gasteiger partial charge in [0.05, 0.1) is 13.7 Å². The van der Waals surface area contributed by atoms with Crippen molar-refractivity contribution in [3.05, 3.63) is 53.1 Å². The average Bonchev–Trinajstić information content (AvgIpc) is 3.52. The fourth-order valence-electron chi connectivity index (χ4n) is 7.26. The lowest BCUT2D eigenvalue weighted by molar-refractivity contribution is 0.325. The number of hydrogen-bond donors (Lipinski definition) is 1. The molecule has 1 spiro atoms. The fourth-order valence-corrected chi connectivity index (χ4v) is 7.26. The van der Waals surface area contributed by atoms with Crippen LogP contribution in [0, 0.1) is 11.8 Å². The lowest BCUT2D eigenvalue weighted by atomic mass is 9.66. The van der Waals surface area contributed by atoms with Crippen LogP contribution in [0.2, 0.25) is 0 Å². The molecule has 2 bridgehead atoms. The van der Waals surface area contributed by atoms with Gasteiger partial charge in [0.2, 0.25) is 0 Å². The van der Waals surface area contributed by atoms with E-state index >= 15 is 0 Å². The van der Waals surface area contributed by atoms with E-state index in [1.54, 1.807) is 7.11 Å². The van der Waals surface area contributed by atoms with E-state index in [0.717, 1.165) is 29.2 Å². The molecule has 3 atom stereocenters. The second-order valence-corrected chi connectivity index (χ2v) is 9.32. The number of benzene rings is 3. The summed E-state index contributed by atoms with van der Waals surface area (Å²) < 4.78 is 11.6. The molecule has 3 aromatic rings. The van der Waals surface area contributed by atoms with Gasteiger partial charge in [-0.05, 0) is 65.5 Å². The van der Waals surface area contributed by atoms with Crippen LogP contribution in [0.4, 0.5) is 0 Å². The van der Waals surface area contributed by atoms with Crippen LogP contribution in [0.25, 0.3) is 21.9 Å². The number of methoxy groups -OCH3 is 1. The van der Waals surface area contributed by atoms with Crippen LogP contribution in [-0.4, -0.2) is 18.8 Å². The van der Waals surface area contributed by atoms with Gasteiger partial charge in [-0.1, -0.05) is 30.7 Å². The summed E-state index contributed by atoms with van der Waals surface area (Å²) in [5.74, 6) is 3.47. The van der Waals surface area contributed by atoms with Gasteiger partial charge in [-0.2, -0.15) is 0 Å². The molecule has 1 heterocycles. The topological polar surface area (TPSA) is 38.7 Å². The van der Waals surface area contributed by atoms with Crippen LogP contribution in [-0.2, 0) is 11.8 Å². The Morgan fingerprint density at radius 2 is 2.03 bits per heavy atom. The van der Waals surface area contributed by atoms with Crippen LogP contribution in [0.15, 0.2) is 36.4 Å². The highest BCUT2D eigenvalue weighted by Gasteiger charge is 2.57. The van der Waals surface area contributed by atoms with Gasteiger partial charge in [-0.3, -0.25) is 0 Å². The zero-order valence-electron chi connectivity index (χ0n) is 16.6. The molecule has 29 heavy (non-hydrogen) atoms. The van der Waals surface area contributed by atoms with Crippen LogP contribution in [0.3, 0.4) is 0 Å². The van der Waals surface area contributed by atoms with Crippen molar-refractivity contribution in [2.24, 2.45) is 11.8 Å². The Bertz CT molecular complexity index is 1210. The second kappa shape index (κ2) is 5.27. The molecule has 146 valence electrons. The lowest BCUT2D eigenvalue weighted by Gasteiger charge is -2.36. The van der Waals surface area contributed by atoms with Gasteiger partial charge in [0.1, 0.15) is 5.75 Å². The summed E-state index contributed by atoms with van der Waals surface area (Å²) in [5, 5.41) is 13.3. The molecule has 0 amide bonds. The van der Waals surface area contributed by atoms with Crippen molar-refractivity contribution in [1.82, 2.24) is 0 Å². The first kappa shape index (κ1) is 16.2. The fraction of sp³-hybridized carbons (Fsp3) is 0.385. The number of aromatic hydroxyl groups is 1. The number of rotatable bonds is 1. The lowest BCUT2D eigenvalue weighted by Crippen LogP contribution is -2.31. The third-order valence-corrected chi connectivity index (χ3v) is 8.25. The Kier molecular flexibility index (Phi) is 2.93. The van der Waals surface area contributed by atoms with Crippen LogP contribution in [0.1, 0.15) is 42.4 Å². The molecule has 1 aliphatic heterocycles. The molecule has 4 aliphatic rings. The highest BCUT2D eigenvalue weighted by Crippen LogP contribution is 2.67. The largest absolute Gasteiger partial charge is 0.507 e. The quantitative estimate of drug-likeness (QED) is 0.596. The first-order valence-electron chi connectivity index (χ1n) is 10.8. The number of fused-ring (bicyclic) bond motifs is 12. The summed E-state index contributed by atoms with van der Waals surface area (Å²) in [5.41, 5.74) is 6.81. The summed E-state index contributed by atoms with van der Waals surface area (Å²) in [6.07, 6.45) is 6.09. The Labute approximate surface area is 170 Å². The van der Waals surface area contributed by atoms with Crippen molar-refractivity contribution >= 4 is 10.8 Å². The SMILES string of the molecule is COc1cc2c(O)cc3c(c2c2c1OCC2)-c1ccccc1C31CC2CCC1C2. The molecule has 3 aliphatic carbocycles.